The van der Waals surface area contributed by atoms with Crippen LogP contribution in [-0.4, -0.2) is 28.0 Å². The van der Waals surface area contributed by atoms with Gasteiger partial charge >= 0.3 is 0 Å². The van der Waals surface area contributed by atoms with Crippen molar-refractivity contribution in [2.45, 2.75) is 18.4 Å². The summed E-state index contributed by atoms with van der Waals surface area (Å²) < 4.78 is 1.86. The van der Waals surface area contributed by atoms with Crippen molar-refractivity contribution in [3.63, 3.8) is 0 Å². The number of rotatable bonds is 7. The molecule has 0 radical (unpaired) electrons. The molecule has 1 aromatic carbocycles. The molecule has 0 unspecified atom stereocenters. The molecule has 4 nitrogen and oxygen atoms in total. The number of hydrogen-bond donors (Lipinski definition) is 1. The molecule has 0 bridgehead atoms. The molecule has 0 atom stereocenters. The molecule has 124 valence electrons. The zero-order chi connectivity index (χ0) is 16.8. The van der Waals surface area contributed by atoms with Gasteiger partial charge in [-0.15, -0.1) is 23.1 Å². The maximum Gasteiger partial charge on any atom is 0.252 e. The Morgan fingerprint density at radius 3 is 2.92 bits per heavy atom. The minimum Gasteiger partial charge on any atom is -0.350 e. The molecule has 0 saturated carbocycles. The lowest BCUT2D eigenvalue weighted by Crippen LogP contribution is -2.27. The van der Waals surface area contributed by atoms with Crippen molar-refractivity contribution in [3.05, 3.63) is 59.6 Å². The van der Waals surface area contributed by atoms with E-state index in [0.29, 0.717) is 13.1 Å². The van der Waals surface area contributed by atoms with E-state index in [4.69, 9.17) is 0 Å². The molecule has 6 heteroatoms. The summed E-state index contributed by atoms with van der Waals surface area (Å²) in [5.74, 6) is 0.917. The van der Waals surface area contributed by atoms with E-state index in [-0.39, 0.29) is 5.91 Å². The number of nitrogens with zero attached hydrogens (tertiary/aromatic N) is 2. The van der Waals surface area contributed by atoms with E-state index in [2.05, 4.69) is 23.4 Å². The van der Waals surface area contributed by atoms with Crippen molar-refractivity contribution in [2.75, 3.05) is 12.3 Å². The number of carbonyl (C=O) groups is 1. The van der Waals surface area contributed by atoms with Gasteiger partial charge in [0.2, 0.25) is 0 Å². The topological polar surface area (TPSA) is 46.9 Å². The average molecular weight is 358 g/mol. The summed E-state index contributed by atoms with van der Waals surface area (Å²) in [6, 6.07) is 13.8. The largest absolute Gasteiger partial charge is 0.350 e. The Labute approximate surface area is 149 Å². The molecule has 0 fully saturated rings. The molecular weight excluding hydrogens is 338 g/mol. The molecular formula is C18H19N3OS2. The number of aromatic nitrogens is 2. The Kier molecular flexibility index (Phi) is 5.72. The molecule has 0 saturated heterocycles. The first-order valence-corrected chi connectivity index (χ1v) is 9.72. The third-order valence-corrected chi connectivity index (χ3v) is 5.32. The van der Waals surface area contributed by atoms with Crippen molar-refractivity contribution in [2.24, 2.45) is 0 Å². The maximum atomic E-state index is 12.4. The summed E-state index contributed by atoms with van der Waals surface area (Å²) in [5.41, 5.74) is 1.71. The van der Waals surface area contributed by atoms with Crippen LogP contribution in [0.3, 0.4) is 0 Å². The van der Waals surface area contributed by atoms with Crippen molar-refractivity contribution in [1.29, 1.82) is 0 Å². The smallest absolute Gasteiger partial charge is 0.252 e. The second-order valence-electron chi connectivity index (χ2n) is 5.13. The van der Waals surface area contributed by atoms with Gasteiger partial charge in [-0.25, -0.2) is 0 Å². The molecule has 0 aliphatic carbocycles. The minimum absolute atomic E-state index is 0.0304. The number of carbonyl (C=O) groups excluding carboxylic acids is 1. The quantitative estimate of drug-likeness (QED) is 0.646. The van der Waals surface area contributed by atoms with Gasteiger partial charge in [-0.05, 0) is 35.4 Å². The number of thioether (sulfide) groups is 1. The highest BCUT2D eigenvalue weighted by Crippen LogP contribution is 2.23. The summed E-state index contributed by atoms with van der Waals surface area (Å²) in [6.07, 6.45) is 1.95. The van der Waals surface area contributed by atoms with Gasteiger partial charge in [0, 0.05) is 17.6 Å². The fraction of sp³-hybridized carbons (Fsp3) is 0.222. The van der Waals surface area contributed by atoms with Crippen LogP contribution in [0.4, 0.5) is 0 Å². The Bertz CT molecular complexity index is 796. The van der Waals surface area contributed by atoms with Crippen LogP contribution in [0.1, 0.15) is 17.3 Å². The first-order chi connectivity index (χ1) is 11.8. The lowest BCUT2D eigenvalue weighted by Gasteiger charge is -2.09. The summed E-state index contributed by atoms with van der Waals surface area (Å²) in [6.45, 7) is 3.29. The van der Waals surface area contributed by atoms with Crippen LogP contribution >= 0.6 is 23.1 Å². The highest BCUT2D eigenvalue weighted by atomic mass is 32.2. The van der Waals surface area contributed by atoms with Gasteiger partial charge in [0.1, 0.15) is 5.69 Å². The van der Waals surface area contributed by atoms with E-state index in [9.17, 15) is 4.79 Å². The predicted molar refractivity (Wildman–Crippen MR) is 101 cm³/mol. The van der Waals surface area contributed by atoms with Crippen LogP contribution in [-0.2, 0) is 6.54 Å². The Morgan fingerprint density at radius 1 is 1.25 bits per heavy atom. The first kappa shape index (κ1) is 16.8. The number of hydrogen-bond acceptors (Lipinski definition) is 4. The van der Waals surface area contributed by atoms with E-state index in [0.717, 1.165) is 26.8 Å². The summed E-state index contributed by atoms with van der Waals surface area (Å²) in [4.78, 5) is 14.6. The summed E-state index contributed by atoms with van der Waals surface area (Å²) in [7, 11) is 0. The minimum atomic E-state index is -0.0304. The Balaban J connectivity index is 1.56. The standard InChI is InChI=1S/C18H19N3OS2/c1-2-23-16-7-4-3-6-14(16)18(22)19-10-12-21-11-9-15(20-21)17-8-5-13-24-17/h3-9,11,13H,2,10,12H2,1H3,(H,19,22). The molecule has 0 aliphatic heterocycles. The van der Waals surface area contributed by atoms with Gasteiger partial charge in [-0.1, -0.05) is 25.1 Å². The highest BCUT2D eigenvalue weighted by molar-refractivity contribution is 7.99. The van der Waals surface area contributed by atoms with Crippen LogP contribution < -0.4 is 5.32 Å². The highest BCUT2D eigenvalue weighted by Gasteiger charge is 2.10. The SMILES string of the molecule is CCSc1ccccc1C(=O)NCCn1ccc(-c2cccs2)n1. The maximum absolute atomic E-state index is 12.4. The van der Waals surface area contributed by atoms with Crippen molar-refractivity contribution >= 4 is 29.0 Å². The van der Waals surface area contributed by atoms with Gasteiger partial charge < -0.3 is 5.32 Å². The molecule has 3 rings (SSSR count). The predicted octanol–water partition coefficient (Wildman–Crippen LogP) is 4.15. The van der Waals surface area contributed by atoms with Crippen LogP contribution in [0, 0.1) is 0 Å². The molecule has 2 heterocycles. The molecule has 1 amide bonds. The van der Waals surface area contributed by atoms with Crippen LogP contribution in [0.5, 0.6) is 0 Å². The van der Waals surface area contributed by atoms with Gasteiger partial charge in [0.05, 0.1) is 17.0 Å². The third-order valence-electron chi connectivity index (χ3n) is 3.47. The average Bonchev–Trinajstić information content (AvgIpc) is 3.27. The zero-order valence-electron chi connectivity index (χ0n) is 13.4. The first-order valence-electron chi connectivity index (χ1n) is 7.85. The number of amides is 1. The van der Waals surface area contributed by atoms with Crippen molar-refractivity contribution < 1.29 is 4.79 Å². The second-order valence-corrected chi connectivity index (χ2v) is 7.38. The van der Waals surface area contributed by atoms with Gasteiger partial charge in [0.25, 0.3) is 5.91 Å². The number of benzene rings is 1. The zero-order valence-corrected chi connectivity index (χ0v) is 15.1. The van der Waals surface area contributed by atoms with Crippen molar-refractivity contribution in [1.82, 2.24) is 15.1 Å². The Hall–Kier alpha value is -2.05. The summed E-state index contributed by atoms with van der Waals surface area (Å²) in [5, 5.41) is 9.56. The van der Waals surface area contributed by atoms with Crippen molar-refractivity contribution in [3.8, 4) is 10.6 Å². The number of nitrogens with one attached hydrogen (secondary N) is 1. The van der Waals surface area contributed by atoms with Crippen LogP contribution in [0.15, 0.2) is 58.9 Å². The summed E-state index contributed by atoms with van der Waals surface area (Å²) >= 11 is 3.36. The monoisotopic (exact) mass is 357 g/mol. The molecule has 24 heavy (non-hydrogen) atoms. The second kappa shape index (κ2) is 8.17. The van der Waals surface area contributed by atoms with E-state index < -0.39 is 0 Å². The molecule has 0 aliphatic rings. The molecule has 3 aromatic rings. The van der Waals surface area contributed by atoms with E-state index in [1.165, 1.54) is 0 Å². The normalized spacial score (nSPS) is 10.7. The lowest BCUT2D eigenvalue weighted by atomic mass is 10.2. The fourth-order valence-corrected chi connectivity index (χ4v) is 3.85. The van der Waals surface area contributed by atoms with Gasteiger partial charge in [0.15, 0.2) is 0 Å². The molecule has 0 spiro atoms. The third kappa shape index (κ3) is 4.07. The molecule has 2 aromatic heterocycles. The lowest BCUT2D eigenvalue weighted by molar-refractivity contribution is 0.0949. The Morgan fingerprint density at radius 2 is 2.12 bits per heavy atom. The van der Waals surface area contributed by atoms with Crippen LogP contribution in [0.2, 0.25) is 0 Å². The van der Waals surface area contributed by atoms with Gasteiger partial charge in [-0.2, -0.15) is 5.10 Å². The van der Waals surface area contributed by atoms with E-state index in [1.54, 1.807) is 23.1 Å². The van der Waals surface area contributed by atoms with E-state index >= 15 is 0 Å². The van der Waals surface area contributed by atoms with Crippen LogP contribution in [0.25, 0.3) is 10.6 Å². The number of thiophene rings is 1. The molecule has 1 N–H and O–H groups in total. The fourth-order valence-electron chi connectivity index (χ4n) is 2.36. The van der Waals surface area contributed by atoms with E-state index in [1.807, 2.05) is 52.7 Å². The van der Waals surface area contributed by atoms with Gasteiger partial charge in [-0.3, -0.25) is 9.48 Å².